The van der Waals surface area contributed by atoms with Crippen molar-refractivity contribution in [1.29, 1.82) is 0 Å². The van der Waals surface area contributed by atoms with Gasteiger partial charge in [-0.2, -0.15) is 0 Å². The van der Waals surface area contributed by atoms with Crippen LogP contribution < -0.4 is 0 Å². The number of benzene rings is 1. The summed E-state index contributed by atoms with van der Waals surface area (Å²) in [5.74, 6) is 0. The summed E-state index contributed by atoms with van der Waals surface area (Å²) in [7, 11) is 0. The second kappa shape index (κ2) is 9.01. The van der Waals surface area contributed by atoms with Crippen LogP contribution in [0.25, 0.3) is 0 Å². The molecule has 0 spiro atoms. The molecule has 1 aromatic rings. The van der Waals surface area contributed by atoms with Crippen molar-refractivity contribution in [3.63, 3.8) is 0 Å². The monoisotopic (exact) mass is 216 g/mol. The Morgan fingerprint density at radius 2 is 1.33 bits per heavy atom. The van der Waals surface area contributed by atoms with Crippen LogP contribution in [0.3, 0.4) is 0 Å². The van der Waals surface area contributed by atoms with Crippen molar-refractivity contribution >= 4 is 16.3 Å². The molecule has 1 heteroatoms. The molecule has 15 heavy (non-hydrogen) atoms. The summed E-state index contributed by atoms with van der Waals surface area (Å²) in [4.78, 5) is 0. The Labute approximate surface area is 103 Å². The quantitative estimate of drug-likeness (QED) is 0.452. The molecule has 0 radical (unpaired) electrons. The first kappa shape index (κ1) is 12.8. The average molecular weight is 216 g/mol. The third kappa shape index (κ3) is 6.77. The van der Waals surface area contributed by atoms with Gasteiger partial charge in [-0.25, -0.2) is 0 Å². The topological polar surface area (TPSA) is 0 Å². The Morgan fingerprint density at radius 3 is 2.00 bits per heavy atom. The van der Waals surface area contributed by atoms with E-state index in [1.54, 1.807) is 0 Å². The molecule has 1 aromatic carbocycles. The van der Waals surface area contributed by atoms with Gasteiger partial charge in [-0.05, 0) is 0 Å². The summed E-state index contributed by atoms with van der Waals surface area (Å²) < 4.78 is 0. The van der Waals surface area contributed by atoms with Crippen LogP contribution in [0.15, 0.2) is 30.3 Å². The molecule has 0 unspecified atom stereocenters. The summed E-state index contributed by atoms with van der Waals surface area (Å²) in [5.41, 5.74) is 1.49. The Bertz CT molecular complexity index is 230. The molecule has 0 aromatic heterocycles. The van der Waals surface area contributed by atoms with Crippen molar-refractivity contribution < 1.29 is 0 Å². The average Bonchev–Trinajstić information content (AvgIpc) is 2.29. The number of unbranched alkanes of at least 4 members (excludes halogenated alkanes) is 5. The zero-order valence-electron chi connectivity index (χ0n) is 9.62. The van der Waals surface area contributed by atoms with E-state index in [1.807, 2.05) is 0 Å². The van der Waals surface area contributed by atoms with Gasteiger partial charge in [0.2, 0.25) is 0 Å². The number of hydrogen-bond donors (Lipinski definition) is 0. The van der Waals surface area contributed by atoms with Gasteiger partial charge in [-0.15, -0.1) is 0 Å². The van der Waals surface area contributed by atoms with Gasteiger partial charge in [0, 0.05) is 0 Å². The molecule has 0 nitrogen and oxygen atoms in total. The SMILES string of the molecule is [Al+2][CH2]CCCCCCCc1ccccc1. The molecular weight excluding hydrogens is 195 g/mol. The minimum absolute atomic E-state index is 1.25. The molecule has 0 saturated carbocycles. The fourth-order valence-electron chi connectivity index (χ4n) is 1.83. The third-order valence-corrected chi connectivity index (χ3v) is 3.17. The van der Waals surface area contributed by atoms with E-state index < -0.39 is 0 Å². The van der Waals surface area contributed by atoms with Crippen LogP contribution in [0.5, 0.6) is 0 Å². The molecule has 0 heterocycles. The van der Waals surface area contributed by atoms with Gasteiger partial charge < -0.3 is 0 Å². The van der Waals surface area contributed by atoms with E-state index in [1.165, 1.54) is 55.8 Å². The van der Waals surface area contributed by atoms with Gasteiger partial charge >= 0.3 is 102 Å². The van der Waals surface area contributed by atoms with Gasteiger partial charge in [-0.3, -0.25) is 0 Å². The summed E-state index contributed by atoms with van der Waals surface area (Å²) in [6.07, 6.45) is 9.62. The normalized spacial score (nSPS) is 10.5. The number of aryl methyl sites for hydroxylation is 1. The minimum atomic E-state index is 1.25. The standard InChI is InChI=1S/C14H21.Al/c1-2-3-4-5-6-8-11-14-12-9-7-10-13-14;/h7,9-10,12-13H,1-6,8,11H2;/q;+2. The van der Waals surface area contributed by atoms with Crippen LogP contribution in [0.1, 0.15) is 44.1 Å². The van der Waals surface area contributed by atoms with Gasteiger partial charge in [0.05, 0.1) is 0 Å². The van der Waals surface area contributed by atoms with E-state index in [0.29, 0.717) is 0 Å². The molecule has 0 aliphatic rings. The maximum atomic E-state index is 2.80. The van der Waals surface area contributed by atoms with Crippen LogP contribution in [-0.2, 0) is 6.42 Å². The molecule has 0 amide bonds. The van der Waals surface area contributed by atoms with E-state index in [2.05, 4.69) is 46.6 Å². The van der Waals surface area contributed by atoms with Gasteiger partial charge in [0.1, 0.15) is 0 Å². The zero-order valence-corrected chi connectivity index (χ0v) is 10.8. The first-order chi connectivity index (χ1) is 7.43. The Hall–Kier alpha value is -0.248. The van der Waals surface area contributed by atoms with Gasteiger partial charge in [-0.1, -0.05) is 0 Å². The van der Waals surface area contributed by atoms with Crippen LogP contribution in [-0.4, -0.2) is 16.3 Å². The first-order valence-electron chi connectivity index (χ1n) is 6.17. The molecule has 0 aliphatic heterocycles. The van der Waals surface area contributed by atoms with E-state index in [4.69, 9.17) is 0 Å². The molecule has 1 rings (SSSR count). The second-order valence-corrected chi connectivity index (χ2v) is 4.72. The van der Waals surface area contributed by atoms with Crippen LogP contribution in [0.2, 0.25) is 5.28 Å². The van der Waals surface area contributed by atoms with E-state index in [-0.39, 0.29) is 0 Å². The second-order valence-electron chi connectivity index (χ2n) is 4.15. The Morgan fingerprint density at radius 1 is 0.733 bits per heavy atom. The number of rotatable bonds is 8. The van der Waals surface area contributed by atoms with Crippen LogP contribution >= 0.6 is 0 Å². The third-order valence-electron chi connectivity index (χ3n) is 2.76. The van der Waals surface area contributed by atoms with Crippen molar-refractivity contribution in [1.82, 2.24) is 0 Å². The molecule has 78 valence electrons. The summed E-state index contributed by atoms with van der Waals surface area (Å²) >= 11 is 2.80. The fourth-order valence-corrected chi connectivity index (χ4v) is 2.11. The predicted octanol–water partition coefficient (Wildman–Crippen LogP) is 4.16. The van der Waals surface area contributed by atoms with Crippen molar-refractivity contribution in [2.24, 2.45) is 0 Å². The maximum absolute atomic E-state index is 2.80. The van der Waals surface area contributed by atoms with Crippen LogP contribution in [0.4, 0.5) is 0 Å². The molecule has 0 atom stereocenters. The molecular formula is C14H21Al+2. The van der Waals surface area contributed by atoms with Crippen molar-refractivity contribution in [3.05, 3.63) is 35.9 Å². The molecule has 0 fully saturated rings. The van der Waals surface area contributed by atoms with E-state index in [0.717, 1.165) is 0 Å². The molecule has 0 aliphatic carbocycles. The van der Waals surface area contributed by atoms with E-state index >= 15 is 0 Å². The van der Waals surface area contributed by atoms with E-state index in [9.17, 15) is 0 Å². The van der Waals surface area contributed by atoms with Crippen molar-refractivity contribution in [2.75, 3.05) is 0 Å². The number of hydrogen-bond acceptors (Lipinski definition) is 0. The summed E-state index contributed by atoms with van der Waals surface area (Å²) in [5, 5.41) is 1.27. The first-order valence-corrected chi connectivity index (χ1v) is 6.99. The predicted molar refractivity (Wildman–Crippen MR) is 68.4 cm³/mol. The van der Waals surface area contributed by atoms with Crippen LogP contribution in [0, 0.1) is 0 Å². The summed E-state index contributed by atoms with van der Waals surface area (Å²) in [6, 6.07) is 10.8. The summed E-state index contributed by atoms with van der Waals surface area (Å²) in [6.45, 7) is 0. The van der Waals surface area contributed by atoms with Crippen molar-refractivity contribution in [2.45, 2.75) is 50.2 Å². The Kier molecular flexibility index (Phi) is 7.70. The molecule has 0 saturated heterocycles. The molecule has 0 N–H and O–H groups in total. The zero-order chi connectivity index (χ0) is 10.8. The van der Waals surface area contributed by atoms with Gasteiger partial charge in [0.25, 0.3) is 0 Å². The van der Waals surface area contributed by atoms with Crippen molar-refractivity contribution in [3.8, 4) is 0 Å². The Balaban J connectivity index is 1.93. The van der Waals surface area contributed by atoms with Gasteiger partial charge in [0.15, 0.2) is 0 Å². The fraction of sp³-hybridized carbons (Fsp3) is 0.571. The molecule has 0 bridgehead atoms.